The van der Waals surface area contributed by atoms with Gasteiger partial charge in [0, 0.05) is 0 Å². The molecule has 0 unspecified atom stereocenters. The van der Waals surface area contributed by atoms with Crippen molar-refractivity contribution in [2.75, 3.05) is 0 Å². The fourth-order valence-corrected chi connectivity index (χ4v) is 2.87. The summed E-state index contributed by atoms with van der Waals surface area (Å²) in [5.41, 5.74) is 0. The van der Waals surface area contributed by atoms with E-state index >= 15 is 0 Å². The molecule has 2 bridgehead atoms. The number of carbonyl (C=O) groups excluding carboxylic acids is 2. The van der Waals surface area contributed by atoms with Crippen LogP contribution in [0.5, 0.6) is 0 Å². The average Bonchev–Trinajstić information content (AvgIpc) is 2.47. The van der Waals surface area contributed by atoms with Gasteiger partial charge in [0.05, 0.1) is 11.8 Å². The molecule has 4 aliphatic rings. The van der Waals surface area contributed by atoms with Crippen molar-refractivity contribution in [1.82, 2.24) is 0 Å². The first-order valence-corrected chi connectivity index (χ1v) is 4.71. The van der Waals surface area contributed by atoms with Crippen LogP contribution in [-0.2, 0) is 14.3 Å². The number of allylic oxidation sites excluding steroid dienone is 2. The van der Waals surface area contributed by atoms with E-state index in [1.54, 1.807) is 0 Å². The molecule has 3 nitrogen and oxygen atoms in total. The van der Waals surface area contributed by atoms with Crippen molar-refractivity contribution in [3.8, 4) is 0 Å². The van der Waals surface area contributed by atoms with Crippen LogP contribution >= 0.6 is 0 Å². The standard InChI is InChI=1S/C10H10O3/c11-9-7-5-1-2-6(4-3-5)8(7)10(12)13-9/h1-2,5-8H,3-4H2/t5-,6+,7-,8-/m1/s1. The minimum Gasteiger partial charge on any atom is -0.393 e. The largest absolute Gasteiger partial charge is 0.393 e. The molecule has 0 aromatic rings. The third-order valence-electron chi connectivity index (χ3n) is 3.49. The Hall–Kier alpha value is -1.12. The fraction of sp³-hybridized carbons (Fsp3) is 0.600. The molecule has 0 aromatic heterocycles. The second kappa shape index (κ2) is 2.22. The van der Waals surface area contributed by atoms with Gasteiger partial charge in [-0.25, -0.2) is 0 Å². The Balaban J connectivity index is 2.07. The molecule has 1 saturated heterocycles. The summed E-state index contributed by atoms with van der Waals surface area (Å²) in [6.45, 7) is 0. The monoisotopic (exact) mass is 178 g/mol. The summed E-state index contributed by atoms with van der Waals surface area (Å²) in [4.78, 5) is 22.7. The van der Waals surface area contributed by atoms with E-state index in [1.807, 2.05) is 0 Å². The number of fused-ring (bicyclic) bond motifs is 1. The lowest BCUT2D eigenvalue weighted by Crippen LogP contribution is -2.38. The predicted octanol–water partition coefficient (Wildman–Crippen LogP) is 0.898. The third kappa shape index (κ3) is 0.794. The van der Waals surface area contributed by atoms with Gasteiger partial charge in [0.2, 0.25) is 0 Å². The van der Waals surface area contributed by atoms with Crippen molar-refractivity contribution in [3.05, 3.63) is 12.2 Å². The highest BCUT2D eigenvalue weighted by molar-refractivity contribution is 5.97. The summed E-state index contributed by atoms with van der Waals surface area (Å²) in [5, 5.41) is 0. The van der Waals surface area contributed by atoms with Gasteiger partial charge in [-0.05, 0) is 24.7 Å². The zero-order valence-electron chi connectivity index (χ0n) is 7.10. The molecular formula is C10H10O3. The second-order valence-electron chi connectivity index (χ2n) is 4.08. The summed E-state index contributed by atoms with van der Waals surface area (Å²) in [7, 11) is 0. The fourth-order valence-electron chi connectivity index (χ4n) is 2.87. The minimum atomic E-state index is -0.297. The molecule has 68 valence electrons. The van der Waals surface area contributed by atoms with Crippen LogP contribution in [0.4, 0.5) is 0 Å². The van der Waals surface area contributed by atoms with Crippen LogP contribution in [0.3, 0.4) is 0 Å². The molecule has 0 radical (unpaired) electrons. The molecule has 0 N–H and O–H groups in total. The van der Waals surface area contributed by atoms with Crippen LogP contribution in [0.25, 0.3) is 0 Å². The first-order valence-electron chi connectivity index (χ1n) is 4.71. The topological polar surface area (TPSA) is 43.4 Å². The van der Waals surface area contributed by atoms with Crippen molar-refractivity contribution >= 4 is 11.9 Å². The highest BCUT2D eigenvalue weighted by atomic mass is 16.6. The number of esters is 2. The molecule has 13 heavy (non-hydrogen) atoms. The summed E-state index contributed by atoms with van der Waals surface area (Å²) in [5.74, 6) is -0.390. The Kier molecular flexibility index (Phi) is 1.25. The van der Waals surface area contributed by atoms with Gasteiger partial charge in [0.25, 0.3) is 0 Å². The number of ether oxygens (including phenoxy) is 1. The Morgan fingerprint density at radius 2 is 1.46 bits per heavy atom. The Bertz CT molecular complexity index is 288. The van der Waals surface area contributed by atoms with Crippen LogP contribution in [0.15, 0.2) is 12.2 Å². The van der Waals surface area contributed by atoms with E-state index in [9.17, 15) is 9.59 Å². The average molecular weight is 178 g/mol. The predicted molar refractivity (Wildman–Crippen MR) is 43.4 cm³/mol. The Morgan fingerprint density at radius 3 is 1.85 bits per heavy atom. The molecule has 2 fully saturated rings. The van der Waals surface area contributed by atoms with Crippen molar-refractivity contribution in [2.24, 2.45) is 23.7 Å². The highest BCUT2D eigenvalue weighted by Gasteiger charge is 2.54. The lowest BCUT2D eigenvalue weighted by Gasteiger charge is -2.37. The van der Waals surface area contributed by atoms with Crippen molar-refractivity contribution in [1.29, 1.82) is 0 Å². The van der Waals surface area contributed by atoms with E-state index in [-0.39, 0.29) is 35.6 Å². The molecule has 4 rings (SSSR count). The second-order valence-corrected chi connectivity index (χ2v) is 4.08. The zero-order valence-corrected chi connectivity index (χ0v) is 7.10. The van der Waals surface area contributed by atoms with Gasteiger partial charge >= 0.3 is 11.9 Å². The van der Waals surface area contributed by atoms with Gasteiger partial charge in [-0.1, -0.05) is 12.2 Å². The maximum absolute atomic E-state index is 11.3. The van der Waals surface area contributed by atoms with E-state index in [0.29, 0.717) is 0 Å². The van der Waals surface area contributed by atoms with Crippen LogP contribution in [0, 0.1) is 23.7 Å². The van der Waals surface area contributed by atoms with E-state index in [2.05, 4.69) is 16.9 Å². The molecule has 0 amide bonds. The molecule has 0 spiro atoms. The first-order chi connectivity index (χ1) is 6.27. The van der Waals surface area contributed by atoms with Gasteiger partial charge in [0.1, 0.15) is 0 Å². The van der Waals surface area contributed by atoms with Crippen LogP contribution in [0.2, 0.25) is 0 Å². The molecule has 4 atom stereocenters. The number of cyclic esters (lactones) is 2. The molecule has 0 aromatic carbocycles. The lowest BCUT2D eigenvalue weighted by atomic mass is 9.63. The minimum absolute atomic E-state index is 0.156. The number of rotatable bonds is 0. The molecule has 1 heterocycles. The van der Waals surface area contributed by atoms with Gasteiger partial charge in [-0.2, -0.15) is 0 Å². The molecule has 1 saturated carbocycles. The SMILES string of the molecule is O=C1OC(=O)[C@H]2[C@H]1[C@@H]1C=C[C@H]2CC1. The number of carbonyl (C=O) groups is 2. The number of hydrogen-bond donors (Lipinski definition) is 0. The molecule has 1 aliphatic heterocycles. The van der Waals surface area contributed by atoms with Crippen molar-refractivity contribution in [3.63, 3.8) is 0 Å². The van der Waals surface area contributed by atoms with E-state index in [1.165, 1.54) is 0 Å². The smallest absolute Gasteiger partial charge is 0.318 e. The van der Waals surface area contributed by atoms with Crippen molar-refractivity contribution in [2.45, 2.75) is 12.8 Å². The van der Waals surface area contributed by atoms with Crippen LogP contribution in [0.1, 0.15) is 12.8 Å². The summed E-state index contributed by atoms with van der Waals surface area (Å²) >= 11 is 0. The van der Waals surface area contributed by atoms with E-state index in [0.717, 1.165) is 12.8 Å². The maximum Gasteiger partial charge on any atom is 0.318 e. The zero-order chi connectivity index (χ0) is 9.00. The normalized spacial score (nSPS) is 46.5. The Labute approximate surface area is 75.8 Å². The van der Waals surface area contributed by atoms with Gasteiger partial charge in [0.15, 0.2) is 0 Å². The Morgan fingerprint density at radius 1 is 1.00 bits per heavy atom. The molecule has 3 aliphatic carbocycles. The molecular weight excluding hydrogens is 168 g/mol. The summed E-state index contributed by atoms with van der Waals surface area (Å²) < 4.78 is 4.67. The maximum atomic E-state index is 11.3. The van der Waals surface area contributed by atoms with Crippen LogP contribution < -0.4 is 0 Å². The molecule has 3 heteroatoms. The van der Waals surface area contributed by atoms with E-state index < -0.39 is 0 Å². The van der Waals surface area contributed by atoms with Gasteiger partial charge in [-0.3, -0.25) is 9.59 Å². The van der Waals surface area contributed by atoms with Gasteiger partial charge in [-0.15, -0.1) is 0 Å². The quantitative estimate of drug-likeness (QED) is 0.314. The summed E-state index contributed by atoms with van der Waals surface area (Å²) in [6, 6.07) is 0. The highest BCUT2D eigenvalue weighted by Crippen LogP contribution is 2.48. The van der Waals surface area contributed by atoms with Crippen LogP contribution in [-0.4, -0.2) is 11.9 Å². The summed E-state index contributed by atoms with van der Waals surface area (Å²) in [6.07, 6.45) is 6.22. The first kappa shape index (κ1) is 7.30. The number of hydrogen-bond acceptors (Lipinski definition) is 3. The third-order valence-corrected chi connectivity index (χ3v) is 3.49. The van der Waals surface area contributed by atoms with Gasteiger partial charge < -0.3 is 4.74 Å². The van der Waals surface area contributed by atoms with E-state index in [4.69, 9.17) is 0 Å². The van der Waals surface area contributed by atoms with Crippen molar-refractivity contribution < 1.29 is 14.3 Å². The lowest BCUT2D eigenvalue weighted by molar-refractivity contribution is -0.154.